The van der Waals surface area contributed by atoms with Crippen LogP contribution < -0.4 is 5.32 Å². The van der Waals surface area contributed by atoms with Gasteiger partial charge in [0.05, 0.1) is 0 Å². The number of quaternary nitrogens is 1. The summed E-state index contributed by atoms with van der Waals surface area (Å²) in [7, 11) is 0. The van der Waals surface area contributed by atoms with Crippen molar-refractivity contribution in [1.29, 1.82) is 0 Å². The highest BCUT2D eigenvalue weighted by molar-refractivity contribution is 5.59. The van der Waals surface area contributed by atoms with E-state index in [1.807, 2.05) is 19.1 Å². The number of carbonyl (C=O) groups excluding carboxylic acids is 1. The van der Waals surface area contributed by atoms with Gasteiger partial charge in [-0.1, -0.05) is 44.7 Å². The highest BCUT2D eigenvalue weighted by atomic mass is 16.6. The molecule has 1 heterocycles. The van der Waals surface area contributed by atoms with Crippen molar-refractivity contribution in [3.63, 3.8) is 0 Å². The maximum atomic E-state index is 12.1. The third-order valence-corrected chi connectivity index (χ3v) is 4.86. The number of nitrogens with zero attached hydrogens (tertiary/aromatic N) is 1. The fourth-order valence-corrected chi connectivity index (χ4v) is 3.45. The van der Waals surface area contributed by atoms with E-state index >= 15 is 0 Å². The fraction of sp³-hybridized carbons (Fsp3) is 0.667. The summed E-state index contributed by atoms with van der Waals surface area (Å²) in [5.41, 5.74) is 2.27. The quantitative estimate of drug-likeness (QED) is 0.542. The molecule has 0 bridgehead atoms. The molecule has 1 aliphatic heterocycles. The molecule has 1 aromatic carbocycles. The van der Waals surface area contributed by atoms with Gasteiger partial charge in [0, 0.05) is 6.54 Å². The van der Waals surface area contributed by atoms with E-state index in [-0.39, 0.29) is 12.2 Å². The number of aryl methyl sites for hydroxylation is 1. The van der Waals surface area contributed by atoms with E-state index in [1.165, 1.54) is 50.5 Å². The van der Waals surface area contributed by atoms with Crippen molar-refractivity contribution >= 4 is 11.8 Å². The average molecular weight is 348 g/mol. The van der Waals surface area contributed by atoms with Crippen LogP contribution in [0, 0.1) is 0 Å². The molecular formula is C21H35N2O2+. The molecule has 1 atom stereocenters. The first kappa shape index (κ1) is 19.9. The molecule has 0 saturated carbocycles. The Kier molecular flexibility index (Phi) is 8.98. The molecule has 2 N–H and O–H groups in total. The first-order valence-corrected chi connectivity index (χ1v) is 10.0. The molecule has 1 amide bonds. The van der Waals surface area contributed by atoms with Crippen LogP contribution in [0.4, 0.5) is 10.5 Å². The van der Waals surface area contributed by atoms with Gasteiger partial charge in [0.1, 0.15) is 11.8 Å². The van der Waals surface area contributed by atoms with Crippen LogP contribution in [-0.4, -0.2) is 36.7 Å². The largest absolute Gasteiger partial charge is 0.518 e. The third kappa shape index (κ3) is 8.02. The predicted octanol–water partition coefficient (Wildman–Crippen LogP) is 4.02. The average Bonchev–Trinajstić information content (AvgIpc) is 2.61. The molecule has 4 nitrogen and oxygen atoms in total. The molecule has 0 aliphatic carbocycles. The number of benzene rings is 1. The van der Waals surface area contributed by atoms with Crippen molar-refractivity contribution in [3.8, 4) is 0 Å². The molecule has 1 aliphatic rings. The van der Waals surface area contributed by atoms with Gasteiger partial charge in [0.2, 0.25) is 0 Å². The normalized spacial score (nSPS) is 16.6. The number of amides is 1. The van der Waals surface area contributed by atoms with Crippen molar-refractivity contribution in [2.45, 2.75) is 71.3 Å². The van der Waals surface area contributed by atoms with Gasteiger partial charge in [0.15, 0.2) is 0 Å². The number of rotatable bonds is 9. The molecule has 1 saturated heterocycles. The summed E-state index contributed by atoms with van der Waals surface area (Å²) in [6.07, 6.45) is 9.80. The summed E-state index contributed by atoms with van der Waals surface area (Å²) in [5, 5.41) is 1.60. The van der Waals surface area contributed by atoms with Crippen molar-refractivity contribution < 1.29 is 14.8 Å². The zero-order valence-corrected chi connectivity index (χ0v) is 16.0. The number of unbranched alkanes of at least 4 members (excludes halogenated alkanes) is 3. The Morgan fingerprint density at radius 1 is 1.12 bits per heavy atom. The molecule has 0 spiro atoms. The standard InChI is InChI=1S/C21H34N2O2/c1-3-4-5-7-10-19-11-13-20(14-12-19)22-21(24)25-18(2)17-23-15-8-6-9-16-23/h11-14,18H,3-10,15-17H2,1-2H3,(H,22,24)/p+1/t18-/m1/s1. The maximum absolute atomic E-state index is 12.1. The van der Waals surface area contributed by atoms with Gasteiger partial charge in [-0.2, -0.15) is 4.79 Å². The summed E-state index contributed by atoms with van der Waals surface area (Å²) in [6, 6.07) is 8.29. The van der Waals surface area contributed by atoms with Gasteiger partial charge in [-0.15, -0.1) is 0 Å². The topological polar surface area (TPSA) is 46.1 Å². The van der Waals surface area contributed by atoms with Gasteiger partial charge in [-0.05, 0) is 63.4 Å². The van der Waals surface area contributed by atoms with Crippen LogP contribution in [-0.2, 0) is 11.2 Å². The molecule has 1 fully saturated rings. The van der Waals surface area contributed by atoms with Gasteiger partial charge in [-0.3, -0.25) is 4.90 Å². The summed E-state index contributed by atoms with van der Waals surface area (Å²) in [5.74, 6) is 0. The molecule has 0 radical (unpaired) electrons. The summed E-state index contributed by atoms with van der Waals surface area (Å²) in [6.45, 7) is 7.32. The number of primary amides is 1. The number of hydrogen-bond acceptors (Lipinski definition) is 3. The SMILES string of the molecule is CCCCCCc1ccc([NH2+]C(=O)O[C@H](C)CN2CCCCC2)cc1. The first-order valence-electron chi connectivity index (χ1n) is 10.0. The van der Waals surface area contributed by atoms with Crippen LogP contribution in [0.2, 0.25) is 0 Å². The zero-order chi connectivity index (χ0) is 17.9. The Balaban J connectivity index is 1.68. The lowest BCUT2D eigenvalue weighted by atomic mass is 10.1. The third-order valence-electron chi connectivity index (χ3n) is 4.86. The fourth-order valence-electron chi connectivity index (χ4n) is 3.45. The van der Waals surface area contributed by atoms with E-state index in [9.17, 15) is 4.79 Å². The van der Waals surface area contributed by atoms with Crippen LogP contribution >= 0.6 is 0 Å². The second-order valence-corrected chi connectivity index (χ2v) is 7.31. The van der Waals surface area contributed by atoms with Crippen molar-refractivity contribution in [1.82, 2.24) is 4.90 Å². The number of hydrogen-bond donors (Lipinski definition) is 1. The molecule has 0 aromatic heterocycles. The number of ether oxygens (including phenoxy) is 1. The number of carbonyl (C=O) groups is 1. The monoisotopic (exact) mass is 347 g/mol. The van der Waals surface area contributed by atoms with Gasteiger partial charge < -0.3 is 4.74 Å². The molecule has 0 unspecified atom stereocenters. The predicted molar refractivity (Wildman–Crippen MR) is 102 cm³/mol. The molecule has 25 heavy (non-hydrogen) atoms. The Bertz CT molecular complexity index is 495. The second kappa shape index (κ2) is 11.3. The van der Waals surface area contributed by atoms with Gasteiger partial charge in [-0.25, -0.2) is 5.32 Å². The minimum absolute atomic E-state index is 0.0558. The van der Waals surface area contributed by atoms with Crippen molar-refractivity contribution in [2.75, 3.05) is 19.6 Å². The summed E-state index contributed by atoms with van der Waals surface area (Å²) >= 11 is 0. The van der Waals surface area contributed by atoms with Gasteiger partial charge >= 0.3 is 6.09 Å². The molecule has 1 aromatic rings. The van der Waals surface area contributed by atoms with Crippen LogP contribution in [0.3, 0.4) is 0 Å². The first-order chi connectivity index (χ1) is 12.2. The zero-order valence-electron chi connectivity index (χ0n) is 16.0. The van der Waals surface area contributed by atoms with Crippen LogP contribution in [0.25, 0.3) is 0 Å². The minimum Gasteiger partial charge on any atom is -0.415 e. The summed E-state index contributed by atoms with van der Waals surface area (Å²) < 4.78 is 5.54. The second-order valence-electron chi connectivity index (χ2n) is 7.31. The number of piperidine rings is 1. The van der Waals surface area contributed by atoms with E-state index in [0.717, 1.165) is 31.7 Å². The van der Waals surface area contributed by atoms with Crippen molar-refractivity contribution in [2.24, 2.45) is 0 Å². The molecular weight excluding hydrogens is 312 g/mol. The number of nitrogens with two attached hydrogens (primary N) is 1. The van der Waals surface area contributed by atoms with E-state index < -0.39 is 0 Å². The molecule has 2 rings (SSSR count). The highest BCUT2D eigenvalue weighted by Gasteiger charge is 2.18. The van der Waals surface area contributed by atoms with Crippen LogP contribution in [0.1, 0.15) is 64.4 Å². The van der Waals surface area contributed by atoms with E-state index in [0.29, 0.717) is 0 Å². The Labute approximate surface area is 152 Å². The van der Waals surface area contributed by atoms with Crippen LogP contribution in [0.15, 0.2) is 24.3 Å². The van der Waals surface area contributed by atoms with Crippen LogP contribution in [0.5, 0.6) is 0 Å². The lowest BCUT2D eigenvalue weighted by Gasteiger charge is -2.28. The number of likely N-dealkylation sites (tertiary alicyclic amines) is 1. The van der Waals surface area contributed by atoms with E-state index in [1.54, 1.807) is 5.32 Å². The van der Waals surface area contributed by atoms with Crippen molar-refractivity contribution in [3.05, 3.63) is 29.8 Å². The molecule has 140 valence electrons. The lowest BCUT2D eigenvalue weighted by molar-refractivity contribution is -0.484. The lowest BCUT2D eigenvalue weighted by Crippen LogP contribution is -2.82. The smallest absolute Gasteiger partial charge is 0.415 e. The molecule has 4 heteroatoms. The Morgan fingerprint density at radius 3 is 2.52 bits per heavy atom. The van der Waals surface area contributed by atoms with E-state index in [2.05, 4.69) is 24.0 Å². The van der Waals surface area contributed by atoms with Gasteiger partial charge in [0.25, 0.3) is 0 Å². The van der Waals surface area contributed by atoms with E-state index in [4.69, 9.17) is 4.74 Å². The highest BCUT2D eigenvalue weighted by Crippen LogP contribution is 2.11. The summed E-state index contributed by atoms with van der Waals surface area (Å²) in [4.78, 5) is 14.5. The Morgan fingerprint density at radius 2 is 1.84 bits per heavy atom. The Hall–Kier alpha value is -1.39. The maximum Gasteiger partial charge on any atom is 0.518 e. The minimum atomic E-state index is -0.236.